The molecule has 0 atom stereocenters. The van der Waals surface area contributed by atoms with Crippen molar-refractivity contribution in [3.63, 3.8) is 0 Å². The third-order valence-corrected chi connectivity index (χ3v) is 5.99. The Kier molecular flexibility index (Phi) is 5.11. The van der Waals surface area contributed by atoms with E-state index < -0.39 is 0 Å². The number of benzene rings is 4. The predicted octanol–water partition coefficient (Wildman–Crippen LogP) is 8.23. The van der Waals surface area contributed by atoms with Gasteiger partial charge in [-0.25, -0.2) is 0 Å². The fraction of sp³-hybridized carbons (Fsp3) is 0.172. The van der Waals surface area contributed by atoms with Crippen LogP contribution in [0.15, 0.2) is 78.9 Å². The molecule has 0 spiro atoms. The minimum absolute atomic E-state index is 1.28. The largest absolute Gasteiger partial charge is 0.0622 e. The molecular weight excluding hydrogens is 348 g/mol. The third kappa shape index (κ3) is 3.51. The molecule has 0 saturated carbocycles. The predicted molar refractivity (Wildman–Crippen MR) is 126 cm³/mol. The van der Waals surface area contributed by atoms with Crippen LogP contribution in [-0.4, -0.2) is 0 Å². The minimum atomic E-state index is 1.28. The van der Waals surface area contributed by atoms with E-state index in [1.807, 2.05) is 0 Å². The van der Waals surface area contributed by atoms with Crippen LogP contribution in [0, 0.1) is 34.6 Å². The molecule has 4 aromatic rings. The van der Waals surface area contributed by atoms with Crippen molar-refractivity contribution in [1.29, 1.82) is 0 Å². The normalized spacial score (nSPS) is 10.9. The van der Waals surface area contributed by atoms with E-state index in [9.17, 15) is 0 Å². The summed E-state index contributed by atoms with van der Waals surface area (Å²) in [6, 6.07) is 28.7. The zero-order valence-electron chi connectivity index (χ0n) is 18.0. The summed E-state index contributed by atoms with van der Waals surface area (Å²) in [4.78, 5) is 0. The lowest BCUT2D eigenvalue weighted by Gasteiger charge is -2.23. The monoisotopic (exact) mass is 376 g/mol. The van der Waals surface area contributed by atoms with Crippen molar-refractivity contribution in [1.82, 2.24) is 0 Å². The molecule has 29 heavy (non-hydrogen) atoms. The Morgan fingerprint density at radius 3 is 1.00 bits per heavy atom. The van der Waals surface area contributed by atoms with Gasteiger partial charge in [-0.05, 0) is 84.7 Å². The highest BCUT2D eigenvalue weighted by Crippen LogP contribution is 2.43. The summed E-state index contributed by atoms with van der Waals surface area (Å²) in [5.41, 5.74) is 14.6. The molecule has 0 fully saturated rings. The van der Waals surface area contributed by atoms with Crippen molar-refractivity contribution in [2.24, 2.45) is 0 Å². The van der Waals surface area contributed by atoms with Crippen molar-refractivity contribution in [2.75, 3.05) is 0 Å². The molecule has 0 aliphatic rings. The minimum Gasteiger partial charge on any atom is -0.0622 e. The zero-order valence-corrected chi connectivity index (χ0v) is 18.0. The van der Waals surface area contributed by atoms with Crippen LogP contribution in [0.5, 0.6) is 0 Å². The van der Waals surface area contributed by atoms with Gasteiger partial charge in [0.1, 0.15) is 0 Å². The number of rotatable bonds is 3. The lowest BCUT2D eigenvalue weighted by molar-refractivity contribution is 1.31. The third-order valence-electron chi connectivity index (χ3n) is 5.99. The average molecular weight is 377 g/mol. The van der Waals surface area contributed by atoms with Crippen LogP contribution in [0.25, 0.3) is 33.4 Å². The zero-order chi connectivity index (χ0) is 20.5. The smallest absolute Gasteiger partial charge is 0.0113 e. The van der Waals surface area contributed by atoms with Gasteiger partial charge in [-0.1, -0.05) is 90.0 Å². The highest BCUT2D eigenvalue weighted by molar-refractivity contribution is 5.91. The Morgan fingerprint density at radius 1 is 0.345 bits per heavy atom. The lowest BCUT2D eigenvalue weighted by atomic mass is 9.80. The highest BCUT2D eigenvalue weighted by Gasteiger charge is 2.20. The molecule has 0 aliphatic carbocycles. The summed E-state index contributed by atoms with van der Waals surface area (Å²) in [5.74, 6) is 0. The number of aryl methyl sites for hydroxylation is 2. The molecule has 4 aromatic carbocycles. The average Bonchev–Trinajstić information content (AvgIpc) is 2.72. The quantitative estimate of drug-likeness (QED) is 0.338. The summed E-state index contributed by atoms with van der Waals surface area (Å²) in [7, 11) is 0. The van der Waals surface area contributed by atoms with Crippen molar-refractivity contribution in [3.05, 3.63) is 107 Å². The summed E-state index contributed by atoms with van der Waals surface area (Å²) in [5, 5.41) is 0. The molecule has 0 aliphatic heterocycles. The van der Waals surface area contributed by atoms with Crippen molar-refractivity contribution >= 4 is 0 Å². The molecule has 0 saturated heterocycles. The van der Waals surface area contributed by atoms with Gasteiger partial charge in [-0.3, -0.25) is 0 Å². The van der Waals surface area contributed by atoms with Crippen LogP contribution in [0.2, 0.25) is 0 Å². The fourth-order valence-corrected chi connectivity index (χ4v) is 4.56. The Balaban J connectivity index is 2.09. The standard InChI is InChI=1S/C29H28/c1-19-11-15-25(16-12-19)28-21(3)27(24-9-7-6-8-10-24)22(4)29(23(28)5)26-17-13-20(2)14-18-26/h6-18H,1-5H3. The Hall–Kier alpha value is -3.12. The molecule has 0 nitrogen and oxygen atoms in total. The van der Waals surface area contributed by atoms with Gasteiger partial charge in [0.15, 0.2) is 0 Å². The van der Waals surface area contributed by atoms with E-state index in [1.165, 1.54) is 61.2 Å². The number of hydrogen-bond donors (Lipinski definition) is 0. The van der Waals surface area contributed by atoms with Crippen LogP contribution < -0.4 is 0 Å². The van der Waals surface area contributed by atoms with Crippen molar-refractivity contribution in [3.8, 4) is 33.4 Å². The summed E-state index contributed by atoms with van der Waals surface area (Å²) >= 11 is 0. The van der Waals surface area contributed by atoms with Gasteiger partial charge in [0.25, 0.3) is 0 Å². The Labute approximate surface area is 174 Å². The Bertz CT molecular complexity index is 1070. The molecule has 0 heteroatoms. The summed E-state index contributed by atoms with van der Waals surface area (Å²) in [6.07, 6.45) is 0. The van der Waals surface area contributed by atoms with Crippen LogP contribution >= 0.6 is 0 Å². The summed E-state index contributed by atoms with van der Waals surface area (Å²) in [6.45, 7) is 11.1. The molecule has 0 bridgehead atoms. The number of hydrogen-bond acceptors (Lipinski definition) is 0. The van der Waals surface area contributed by atoms with Gasteiger partial charge in [-0.15, -0.1) is 0 Å². The maximum Gasteiger partial charge on any atom is -0.0113 e. The maximum absolute atomic E-state index is 2.28. The van der Waals surface area contributed by atoms with Gasteiger partial charge in [0, 0.05) is 0 Å². The summed E-state index contributed by atoms with van der Waals surface area (Å²) < 4.78 is 0. The second kappa shape index (κ2) is 7.72. The van der Waals surface area contributed by atoms with Gasteiger partial charge < -0.3 is 0 Å². The first-order valence-electron chi connectivity index (χ1n) is 10.3. The molecule has 144 valence electrons. The van der Waals surface area contributed by atoms with E-state index in [0.29, 0.717) is 0 Å². The molecule has 0 unspecified atom stereocenters. The lowest BCUT2D eigenvalue weighted by Crippen LogP contribution is -2.00. The first-order chi connectivity index (χ1) is 14.0. The van der Waals surface area contributed by atoms with E-state index in [-0.39, 0.29) is 0 Å². The first kappa shape index (κ1) is 19.2. The van der Waals surface area contributed by atoms with E-state index in [2.05, 4.69) is 113 Å². The molecular formula is C29H28. The molecule has 0 radical (unpaired) electrons. The van der Waals surface area contributed by atoms with Crippen LogP contribution in [-0.2, 0) is 0 Å². The Morgan fingerprint density at radius 2 is 0.655 bits per heavy atom. The van der Waals surface area contributed by atoms with Crippen LogP contribution in [0.3, 0.4) is 0 Å². The van der Waals surface area contributed by atoms with Crippen LogP contribution in [0.4, 0.5) is 0 Å². The van der Waals surface area contributed by atoms with Gasteiger partial charge in [0.05, 0.1) is 0 Å². The van der Waals surface area contributed by atoms with Gasteiger partial charge >= 0.3 is 0 Å². The van der Waals surface area contributed by atoms with Crippen LogP contribution in [0.1, 0.15) is 27.8 Å². The van der Waals surface area contributed by atoms with E-state index in [1.54, 1.807) is 0 Å². The van der Waals surface area contributed by atoms with Crippen molar-refractivity contribution < 1.29 is 0 Å². The maximum atomic E-state index is 2.28. The van der Waals surface area contributed by atoms with E-state index in [4.69, 9.17) is 0 Å². The molecule has 0 N–H and O–H groups in total. The van der Waals surface area contributed by atoms with Gasteiger partial charge in [0.2, 0.25) is 0 Å². The SMILES string of the molecule is Cc1ccc(-c2c(C)c(-c3ccccc3)c(C)c(-c3ccc(C)cc3)c2C)cc1. The van der Waals surface area contributed by atoms with E-state index >= 15 is 0 Å². The fourth-order valence-electron chi connectivity index (χ4n) is 4.56. The first-order valence-corrected chi connectivity index (χ1v) is 10.3. The molecule has 0 amide bonds. The second-order valence-corrected chi connectivity index (χ2v) is 8.10. The molecule has 4 rings (SSSR count). The second-order valence-electron chi connectivity index (χ2n) is 8.10. The van der Waals surface area contributed by atoms with Crippen molar-refractivity contribution in [2.45, 2.75) is 34.6 Å². The molecule has 0 heterocycles. The topological polar surface area (TPSA) is 0 Å². The van der Waals surface area contributed by atoms with E-state index in [0.717, 1.165) is 0 Å². The highest BCUT2D eigenvalue weighted by atomic mass is 14.2. The van der Waals surface area contributed by atoms with Gasteiger partial charge in [-0.2, -0.15) is 0 Å². The molecule has 0 aromatic heterocycles.